The third-order valence-corrected chi connectivity index (χ3v) is 4.25. The fraction of sp³-hybridized carbons (Fsp3) is 0.579. The Morgan fingerprint density at radius 3 is 2.35 bits per heavy atom. The molecule has 0 saturated carbocycles. The summed E-state index contributed by atoms with van der Waals surface area (Å²) in [6, 6.07) is 7.77. The van der Waals surface area contributed by atoms with E-state index in [1.165, 1.54) is 0 Å². The third kappa shape index (κ3) is 5.08. The summed E-state index contributed by atoms with van der Waals surface area (Å²) in [7, 11) is 0. The van der Waals surface area contributed by atoms with Crippen LogP contribution in [0.25, 0.3) is 0 Å². The SMILES string of the molecule is Cc1ccccc1C(=O)NC1CCN(C(=O)CC(C)(C)C)CC1. The highest BCUT2D eigenvalue weighted by molar-refractivity contribution is 5.95. The lowest BCUT2D eigenvalue weighted by Crippen LogP contribution is -2.47. The van der Waals surface area contributed by atoms with E-state index >= 15 is 0 Å². The van der Waals surface area contributed by atoms with Gasteiger partial charge in [0, 0.05) is 31.1 Å². The van der Waals surface area contributed by atoms with Crippen LogP contribution in [-0.4, -0.2) is 35.8 Å². The smallest absolute Gasteiger partial charge is 0.251 e. The van der Waals surface area contributed by atoms with Gasteiger partial charge in [-0.15, -0.1) is 0 Å². The van der Waals surface area contributed by atoms with Crippen molar-refractivity contribution in [3.05, 3.63) is 35.4 Å². The van der Waals surface area contributed by atoms with Crippen molar-refractivity contribution in [2.75, 3.05) is 13.1 Å². The summed E-state index contributed by atoms with van der Waals surface area (Å²) in [5.41, 5.74) is 1.74. The Hall–Kier alpha value is -1.84. The molecule has 4 heteroatoms. The third-order valence-electron chi connectivity index (χ3n) is 4.25. The van der Waals surface area contributed by atoms with Gasteiger partial charge in [0.2, 0.25) is 5.91 Å². The van der Waals surface area contributed by atoms with Gasteiger partial charge in [0.25, 0.3) is 5.91 Å². The average Bonchev–Trinajstić information content (AvgIpc) is 2.46. The van der Waals surface area contributed by atoms with Gasteiger partial charge < -0.3 is 10.2 Å². The van der Waals surface area contributed by atoms with E-state index in [0.29, 0.717) is 6.42 Å². The van der Waals surface area contributed by atoms with Crippen molar-refractivity contribution in [1.29, 1.82) is 0 Å². The molecule has 4 nitrogen and oxygen atoms in total. The summed E-state index contributed by atoms with van der Waals surface area (Å²) < 4.78 is 0. The lowest BCUT2D eigenvalue weighted by molar-refractivity contribution is -0.134. The van der Waals surface area contributed by atoms with Crippen LogP contribution in [0.3, 0.4) is 0 Å². The van der Waals surface area contributed by atoms with Gasteiger partial charge in [-0.25, -0.2) is 0 Å². The zero-order valence-corrected chi connectivity index (χ0v) is 14.7. The summed E-state index contributed by atoms with van der Waals surface area (Å²) in [6.45, 7) is 9.66. The van der Waals surface area contributed by atoms with E-state index in [9.17, 15) is 9.59 Å². The minimum Gasteiger partial charge on any atom is -0.349 e. The van der Waals surface area contributed by atoms with E-state index in [4.69, 9.17) is 0 Å². The Labute approximate surface area is 139 Å². The van der Waals surface area contributed by atoms with Gasteiger partial charge >= 0.3 is 0 Å². The molecule has 2 rings (SSSR count). The van der Waals surface area contributed by atoms with Crippen LogP contribution >= 0.6 is 0 Å². The van der Waals surface area contributed by atoms with Gasteiger partial charge in [-0.05, 0) is 36.8 Å². The number of amides is 2. The molecule has 1 N–H and O–H groups in total. The molecule has 126 valence electrons. The van der Waals surface area contributed by atoms with E-state index in [1.807, 2.05) is 36.1 Å². The Kier molecular flexibility index (Phi) is 5.45. The Balaban J connectivity index is 1.84. The van der Waals surface area contributed by atoms with Gasteiger partial charge in [0.15, 0.2) is 0 Å². The molecule has 0 spiro atoms. The van der Waals surface area contributed by atoms with Gasteiger partial charge in [-0.2, -0.15) is 0 Å². The number of piperidine rings is 1. The lowest BCUT2D eigenvalue weighted by Gasteiger charge is -2.34. The van der Waals surface area contributed by atoms with Gasteiger partial charge in [0.1, 0.15) is 0 Å². The Morgan fingerprint density at radius 2 is 1.78 bits per heavy atom. The Morgan fingerprint density at radius 1 is 1.17 bits per heavy atom. The maximum atomic E-state index is 12.3. The molecule has 0 atom stereocenters. The van der Waals surface area contributed by atoms with Crippen molar-refractivity contribution < 1.29 is 9.59 Å². The highest BCUT2D eigenvalue weighted by atomic mass is 16.2. The first-order chi connectivity index (χ1) is 10.8. The second kappa shape index (κ2) is 7.16. The molecule has 0 aromatic heterocycles. The molecule has 0 bridgehead atoms. The number of hydrogen-bond donors (Lipinski definition) is 1. The number of aryl methyl sites for hydroxylation is 1. The van der Waals surface area contributed by atoms with Crippen molar-refractivity contribution in [2.45, 2.75) is 53.0 Å². The van der Waals surface area contributed by atoms with E-state index in [-0.39, 0.29) is 23.3 Å². The molecule has 2 amide bonds. The van der Waals surface area contributed by atoms with Crippen LogP contribution in [0.5, 0.6) is 0 Å². The van der Waals surface area contributed by atoms with E-state index < -0.39 is 0 Å². The lowest BCUT2D eigenvalue weighted by atomic mass is 9.91. The largest absolute Gasteiger partial charge is 0.349 e. The minimum atomic E-state index is -0.0115. The fourth-order valence-corrected chi connectivity index (χ4v) is 2.93. The molecule has 1 aromatic carbocycles. The van der Waals surface area contributed by atoms with Gasteiger partial charge in [0.05, 0.1) is 0 Å². The summed E-state index contributed by atoms with van der Waals surface area (Å²) in [5.74, 6) is 0.212. The normalized spacial score (nSPS) is 16.3. The second-order valence-electron chi connectivity index (χ2n) is 7.68. The first-order valence-corrected chi connectivity index (χ1v) is 8.40. The monoisotopic (exact) mass is 316 g/mol. The van der Waals surface area contributed by atoms with Gasteiger partial charge in [-0.3, -0.25) is 9.59 Å². The van der Waals surface area contributed by atoms with Crippen LogP contribution in [0.1, 0.15) is 56.0 Å². The molecule has 1 aliphatic heterocycles. The van der Waals surface area contributed by atoms with Crippen LogP contribution in [0.4, 0.5) is 0 Å². The van der Waals surface area contributed by atoms with Crippen LogP contribution in [-0.2, 0) is 4.79 Å². The summed E-state index contributed by atoms with van der Waals surface area (Å²) in [4.78, 5) is 26.5. The molecule has 0 aliphatic carbocycles. The quantitative estimate of drug-likeness (QED) is 0.931. The van der Waals surface area contributed by atoms with E-state index in [0.717, 1.165) is 37.1 Å². The molecule has 1 saturated heterocycles. The number of nitrogens with one attached hydrogen (secondary N) is 1. The van der Waals surface area contributed by atoms with Crippen molar-refractivity contribution in [3.8, 4) is 0 Å². The molecule has 1 aliphatic rings. The van der Waals surface area contributed by atoms with Crippen molar-refractivity contribution in [3.63, 3.8) is 0 Å². The summed E-state index contributed by atoms with van der Waals surface area (Å²) in [5, 5.41) is 3.11. The highest BCUT2D eigenvalue weighted by Crippen LogP contribution is 2.21. The van der Waals surface area contributed by atoms with Gasteiger partial charge in [-0.1, -0.05) is 39.0 Å². The topological polar surface area (TPSA) is 49.4 Å². The summed E-state index contributed by atoms with van der Waals surface area (Å²) >= 11 is 0. The van der Waals surface area contributed by atoms with Crippen molar-refractivity contribution in [2.24, 2.45) is 5.41 Å². The number of carbonyl (C=O) groups excluding carboxylic acids is 2. The molecule has 0 unspecified atom stereocenters. The highest BCUT2D eigenvalue weighted by Gasteiger charge is 2.26. The summed E-state index contributed by atoms with van der Waals surface area (Å²) in [6.07, 6.45) is 2.23. The van der Waals surface area contributed by atoms with Crippen molar-refractivity contribution in [1.82, 2.24) is 10.2 Å². The molecule has 1 fully saturated rings. The molecule has 1 aromatic rings. The number of nitrogens with zero attached hydrogens (tertiary/aromatic N) is 1. The fourth-order valence-electron chi connectivity index (χ4n) is 2.93. The second-order valence-corrected chi connectivity index (χ2v) is 7.68. The Bertz CT molecular complexity index is 567. The zero-order valence-electron chi connectivity index (χ0n) is 14.7. The standard InChI is InChI=1S/C19H28N2O2/c1-14-7-5-6-8-16(14)18(23)20-15-9-11-21(12-10-15)17(22)13-19(2,3)4/h5-8,15H,9-13H2,1-4H3,(H,20,23). The first-order valence-electron chi connectivity index (χ1n) is 8.40. The predicted octanol–water partition coefficient (Wildman–Crippen LogP) is 3.15. The zero-order chi connectivity index (χ0) is 17.0. The van der Waals surface area contributed by atoms with E-state index in [2.05, 4.69) is 26.1 Å². The first kappa shape index (κ1) is 17.5. The molecular weight excluding hydrogens is 288 g/mol. The molecular formula is C19H28N2O2. The number of carbonyl (C=O) groups is 2. The predicted molar refractivity (Wildman–Crippen MR) is 92.3 cm³/mol. The number of benzene rings is 1. The van der Waals surface area contributed by atoms with Crippen molar-refractivity contribution >= 4 is 11.8 Å². The maximum absolute atomic E-state index is 12.3. The molecule has 0 radical (unpaired) electrons. The van der Waals surface area contributed by atoms with E-state index in [1.54, 1.807) is 0 Å². The molecule has 23 heavy (non-hydrogen) atoms. The number of rotatable bonds is 3. The minimum absolute atomic E-state index is 0.0115. The maximum Gasteiger partial charge on any atom is 0.251 e. The average molecular weight is 316 g/mol. The molecule has 1 heterocycles. The number of hydrogen-bond acceptors (Lipinski definition) is 2. The van der Waals surface area contributed by atoms with Crippen LogP contribution in [0, 0.1) is 12.3 Å². The van der Waals surface area contributed by atoms with Crippen LogP contribution in [0.2, 0.25) is 0 Å². The van der Waals surface area contributed by atoms with Crippen LogP contribution < -0.4 is 5.32 Å². The van der Waals surface area contributed by atoms with Crippen LogP contribution in [0.15, 0.2) is 24.3 Å². The number of likely N-dealkylation sites (tertiary alicyclic amines) is 1.